The van der Waals surface area contributed by atoms with Crippen molar-refractivity contribution in [2.24, 2.45) is 0 Å². The second kappa shape index (κ2) is 17.3. The maximum atomic E-state index is 15.1. The number of nitrogen functional groups attached to an aromatic ring is 2. The summed E-state index contributed by atoms with van der Waals surface area (Å²) < 4.78 is 13.0. The third-order valence-corrected chi connectivity index (χ3v) is 14.4. The number of rotatable bonds is 10. The molecule has 11 aromatic rings. The normalized spacial score (nSPS) is 15.5. The van der Waals surface area contributed by atoms with Gasteiger partial charge in [0.1, 0.15) is 35.5 Å². The summed E-state index contributed by atoms with van der Waals surface area (Å²) in [5.74, 6) is 0.922. The van der Waals surface area contributed by atoms with Gasteiger partial charge in [-0.05, 0) is 105 Å². The predicted molar refractivity (Wildman–Crippen MR) is 280 cm³/mol. The van der Waals surface area contributed by atoms with Gasteiger partial charge in [0.25, 0.3) is 17.1 Å². The topological polar surface area (TPSA) is 225 Å². The molecule has 72 heavy (non-hydrogen) atoms. The molecule has 0 amide bonds. The molecule has 7 aromatic heterocycles. The standard InChI is InChI=1S/C54H51N15O3/c1-6-38-45-49(58-28-60-50(45)66(63-38)26-37-22-33-15-10-13-31(4)44(33)53(71)69(37)40-16-8-7-11-29(40)2)62-42-24-35(19-20-65(42)5)68-36(21-32-14-9-12-30(3)43(32)52(68)70)25-67-51-46(48(55)57-27-59-51)47(64-67)34-17-18-41-39(23-34)61-54(56)72-41/h7-18,21-23,27-28,35,42H,6,19-20,24-26H2,1-5H3,(H2,56,61)(H2,55,57,59)(H,58,60,62). The largest absolute Gasteiger partial charge is 0.424 e. The first kappa shape index (κ1) is 44.4. The van der Waals surface area contributed by atoms with E-state index in [0.717, 1.165) is 61.2 Å². The summed E-state index contributed by atoms with van der Waals surface area (Å²) in [5.41, 5.74) is 21.9. The number of likely N-dealkylation sites (tertiary alicyclic amines) is 1. The fourth-order valence-corrected chi connectivity index (χ4v) is 10.8. The lowest BCUT2D eigenvalue weighted by atomic mass is 9.99. The van der Waals surface area contributed by atoms with Crippen molar-refractivity contribution in [3.63, 3.8) is 0 Å². The van der Waals surface area contributed by atoms with Crippen LogP contribution in [0.2, 0.25) is 0 Å². The number of hydrogen-bond acceptors (Lipinski definition) is 14. The monoisotopic (exact) mass is 957 g/mol. The highest BCUT2D eigenvalue weighted by Crippen LogP contribution is 2.35. The third kappa shape index (κ3) is 7.32. The highest BCUT2D eigenvalue weighted by atomic mass is 16.4. The van der Waals surface area contributed by atoms with Crippen LogP contribution in [-0.2, 0) is 19.5 Å². The minimum absolute atomic E-state index is 0.0686. The van der Waals surface area contributed by atoms with Gasteiger partial charge in [0.05, 0.1) is 52.2 Å². The minimum Gasteiger partial charge on any atom is -0.424 e. The zero-order valence-electron chi connectivity index (χ0n) is 40.5. The molecule has 2 atom stereocenters. The second-order valence-corrected chi connectivity index (χ2v) is 18.8. The summed E-state index contributed by atoms with van der Waals surface area (Å²) in [5, 5.41) is 18.5. The van der Waals surface area contributed by atoms with E-state index in [4.69, 9.17) is 36.0 Å². The first-order valence-corrected chi connectivity index (χ1v) is 24.1. The molecule has 8 heterocycles. The lowest BCUT2D eigenvalue weighted by Gasteiger charge is -2.39. The van der Waals surface area contributed by atoms with Gasteiger partial charge >= 0.3 is 0 Å². The van der Waals surface area contributed by atoms with Crippen LogP contribution < -0.4 is 27.9 Å². The molecule has 0 aliphatic carbocycles. The van der Waals surface area contributed by atoms with Crippen molar-refractivity contribution in [2.75, 3.05) is 30.4 Å². The number of oxazole rings is 1. The van der Waals surface area contributed by atoms with Gasteiger partial charge in [-0.3, -0.25) is 19.1 Å². The van der Waals surface area contributed by atoms with Gasteiger partial charge in [-0.1, -0.05) is 61.5 Å². The lowest BCUT2D eigenvalue weighted by molar-refractivity contribution is 0.159. The molecule has 1 saturated heterocycles. The number of nitrogens with zero attached hydrogens (tertiary/aromatic N) is 12. The number of hydrogen-bond donors (Lipinski definition) is 3. The Kier molecular flexibility index (Phi) is 10.7. The van der Waals surface area contributed by atoms with Crippen molar-refractivity contribution in [3.05, 3.63) is 158 Å². The Morgan fingerprint density at radius 2 is 1.40 bits per heavy atom. The molecule has 1 aliphatic rings. The Balaban J connectivity index is 0.918. The molecular weight excluding hydrogens is 907 g/mol. The zero-order valence-corrected chi connectivity index (χ0v) is 40.5. The predicted octanol–water partition coefficient (Wildman–Crippen LogP) is 7.85. The van der Waals surface area contributed by atoms with Crippen LogP contribution in [-0.4, -0.2) is 78.3 Å². The molecule has 1 fully saturated rings. The first-order chi connectivity index (χ1) is 34.9. The van der Waals surface area contributed by atoms with Crippen LogP contribution in [0.3, 0.4) is 0 Å². The number of pyridine rings is 2. The zero-order chi connectivity index (χ0) is 49.5. The summed E-state index contributed by atoms with van der Waals surface area (Å²) in [6.07, 6.45) is 4.66. The molecule has 1 aliphatic heterocycles. The van der Waals surface area contributed by atoms with Gasteiger partial charge in [-0.25, -0.2) is 29.3 Å². The Hall–Kier alpha value is -8.77. The maximum Gasteiger partial charge on any atom is 0.292 e. The van der Waals surface area contributed by atoms with Crippen molar-refractivity contribution in [1.29, 1.82) is 0 Å². The van der Waals surface area contributed by atoms with E-state index in [0.29, 0.717) is 75.9 Å². The van der Waals surface area contributed by atoms with Crippen molar-refractivity contribution in [2.45, 2.75) is 72.3 Å². The van der Waals surface area contributed by atoms with Gasteiger partial charge in [0.15, 0.2) is 16.9 Å². The van der Waals surface area contributed by atoms with E-state index in [1.54, 1.807) is 17.1 Å². The van der Waals surface area contributed by atoms with E-state index in [-0.39, 0.29) is 48.2 Å². The van der Waals surface area contributed by atoms with Gasteiger partial charge in [-0.15, -0.1) is 0 Å². The number of para-hydroxylation sites is 1. The van der Waals surface area contributed by atoms with Crippen LogP contribution in [0, 0.1) is 20.8 Å². The van der Waals surface area contributed by atoms with E-state index in [1.807, 2.05) is 107 Å². The SMILES string of the molecule is CCc1nn(Cc2cc3cccc(C)c3c(=O)n2-c2ccccc2C)c2ncnc(NC3CC(n4c(Cn5nc(-c6ccc7oc(N)nc7c6)c6c(N)ncnc65)cc5cccc(C)c5c4=O)CCN3C)c12. The van der Waals surface area contributed by atoms with Gasteiger partial charge in [0, 0.05) is 36.0 Å². The van der Waals surface area contributed by atoms with Crippen LogP contribution in [0.5, 0.6) is 0 Å². The summed E-state index contributed by atoms with van der Waals surface area (Å²) in [6.45, 7) is 9.25. The Morgan fingerprint density at radius 3 is 2.17 bits per heavy atom. The number of fused-ring (bicyclic) bond motifs is 5. The van der Waals surface area contributed by atoms with Crippen LogP contribution >= 0.6 is 0 Å². The Morgan fingerprint density at radius 1 is 0.722 bits per heavy atom. The Bertz CT molecular complexity index is 4110. The molecule has 0 spiro atoms. The number of benzene rings is 4. The molecule has 360 valence electrons. The summed E-state index contributed by atoms with van der Waals surface area (Å²) in [6, 6.07) is 29.4. The molecular formula is C54H51N15O3. The molecule has 2 unspecified atom stereocenters. The average molecular weight is 958 g/mol. The summed E-state index contributed by atoms with van der Waals surface area (Å²) in [4.78, 5) is 54.9. The number of nitrogens with one attached hydrogen (secondary N) is 1. The van der Waals surface area contributed by atoms with E-state index in [9.17, 15) is 4.79 Å². The van der Waals surface area contributed by atoms with Crippen molar-refractivity contribution < 1.29 is 4.42 Å². The van der Waals surface area contributed by atoms with Crippen LogP contribution in [0.4, 0.5) is 17.7 Å². The number of aromatic nitrogens is 11. The maximum absolute atomic E-state index is 15.1. The molecule has 0 radical (unpaired) electrons. The van der Waals surface area contributed by atoms with E-state index >= 15 is 4.79 Å². The number of aryl methyl sites for hydroxylation is 4. The molecule has 0 saturated carbocycles. The number of anilines is 3. The second-order valence-electron chi connectivity index (χ2n) is 18.8. The van der Waals surface area contributed by atoms with Crippen LogP contribution in [0.1, 0.15) is 59.6 Å². The van der Waals surface area contributed by atoms with Crippen molar-refractivity contribution in [1.82, 2.24) is 58.5 Å². The number of piperidine rings is 1. The van der Waals surface area contributed by atoms with E-state index in [2.05, 4.69) is 51.3 Å². The highest BCUT2D eigenvalue weighted by molar-refractivity contribution is 5.99. The van der Waals surface area contributed by atoms with Crippen LogP contribution in [0.25, 0.3) is 71.7 Å². The minimum atomic E-state index is -0.234. The molecule has 18 heteroatoms. The van der Waals surface area contributed by atoms with Gasteiger partial charge < -0.3 is 25.8 Å². The molecule has 4 aromatic carbocycles. The van der Waals surface area contributed by atoms with Gasteiger partial charge in [-0.2, -0.15) is 15.2 Å². The molecule has 12 rings (SSSR count). The highest BCUT2D eigenvalue weighted by Gasteiger charge is 2.32. The van der Waals surface area contributed by atoms with Crippen LogP contribution in [0.15, 0.2) is 118 Å². The molecule has 18 nitrogen and oxygen atoms in total. The van der Waals surface area contributed by atoms with E-state index < -0.39 is 0 Å². The lowest BCUT2D eigenvalue weighted by Crippen LogP contribution is -2.47. The molecule has 5 N–H and O–H groups in total. The van der Waals surface area contributed by atoms with Gasteiger partial charge in [0.2, 0.25) is 0 Å². The summed E-state index contributed by atoms with van der Waals surface area (Å²) >= 11 is 0. The smallest absolute Gasteiger partial charge is 0.292 e. The number of nitrogens with two attached hydrogens (primary N) is 2. The van der Waals surface area contributed by atoms with Crippen molar-refractivity contribution in [3.8, 4) is 16.9 Å². The molecule has 0 bridgehead atoms. The quantitative estimate of drug-likeness (QED) is 0.119. The Labute approximate surface area is 411 Å². The fourth-order valence-electron chi connectivity index (χ4n) is 10.8. The first-order valence-electron chi connectivity index (χ1n) is 24.1. The third-order valence-electron chi connectivity index (χ3n) is 14.4. The average Bonchev–Trinajstić information content (AvgIpc) is 4.05. The van der Waals surface area contributed by atoms with E-state index in [1.165, 1.54) is 6.33 Å². The summed E-state index contributed by atoms with van der Waals surface area (Å²) in [7, 11) is 2.09. The van der Waals surface area contributed by atoms with Crippen molar-refractivity contribution >= 4 is 72.4 Å². The fraction of sp³-hybridized carbons (Fsp3) is 0.241.